The molecule has 0 atom stereocenters. The van der Waals surface area contributed by atoms with Crippen LogP contribution in [0.5, 0.6) is 28.7 Å². The van der Waals surface area contributed by atoms with Gasteiger partial charge in [0.15, 0.2) is 23.0 Å². The molecule has 0 saturated heterocycles. The van der Waals surface area contributed by atoms with Crippen molar-refractivity contribution in [3.05, 3.63) is 41.5 Å². The molecule has 0 saturated carbocycles. The van der Waals surface area contributed by atoms with E-state index in [2.05, 4.69) is 10.5 Å². The number of rotatable bonds is 11. The first-order chi connectivity index (χ1) is 14.5. The lowest BCUT2D eigenvalue weighted by molar-refractivity contribution is 0.0954. The standard InChI is InChI=1S/C22H28N2O6/c1-5-27-17-11-9-10-15(20(17)25)14-23-24-22(26)16-12-18(28-6-2)21(30-8-4)19(13-16)29-7-3/h9-14,25H,5-8H2,1-4H3,(H,24,26). The van der Waals surface area contributed by atoms with Gasteiger partial charge < -0.3 is 24.1 Å². The molecule has 0 aliphatic rings. The van der Waals surface area contributed by atoms with Gasteiger partial charge in [-0.3, -0.25) is 4.79 Å². The normalized spacial score (nSPS) is 10.7. The van der Waals surface area contributed by atoms with Gasteiger partial charge in [0.2, 0.25) is 5.75 Å². The summed E-state index contributed by atoms with van der Waals surface area (Å²) in [4.78, 5) is 12.6. The van der Waals surface area contributed by atoms with Gasteiger partial charge in [-0.15, -0.1) is 0 Å². The van der Waals surface area contributed by atoms with E-state index in [1.54, 1.807) is 30.3 Å². The number of carbonyl (C=O) groups excluding carboxylic acids is 1. The minimum atomic E-state index is -0.461. The van der Waals surface area contributed by atoms with E-state index in [-0.39, 0.29) is 5.75 Å². The van der Waals surface area contributed by atoms with E-state index in [9.17, 15) is 9.90 Å². The van der Waals surface area contributed by atoms with Gasteiger partial charge in [0.05, 0.1) is 32.6 Å². The minimum Gasteiger partial charge on any atom is -0.504 e. The number of benzene rings is 2. The van der Waals surface area contributed by atoms with Gasteiger partial charge in [-0.1, -0.05) is 6.07 Å². The molecule has 1 amide bonds. The number of para-hydroxylation sites is 1. The number of hydrogen-bond donors (Lipinski definition) is 2. The summed E-state index contributed by atoms with van der Waals surface area (Å²) < 4.78 is 22.2. The molecule has 0 radical (unpaired) electrons. The van der Waals surface area contributed by atoms with Crippen LogP contribution in [-0.4, -0.2) is 43.7 Å². The van der Waals surface area contributed by atoms with Crippen molar-refractivity contribution in [2.24, 2.45) is 5.10 Å². The van der Waals surface area contributed by atoms with E-state index in [0.717, 1.165) is 0 Å². The van der Waals surface area contributed by atoms with E-state index in [4.69, 9.17) is 18.9 Å². The molecule has 0 aliphatic heterocycles. The van der Waals surface area contributed by atoms with Crippen LogP contribution in [0.25, 0.3) is 0 Å². The topological polar surface area (TPSA) is 98.6 Å². The van der Waals surface area contributed by atoms with Gasteiger partial charge in [0, 0.05) is 11.1 Å². The predicted molar refractivity (Wildman–Crippen MR) is 114 cm³/mol. The van der Waals surface area contributed by atoms with Crippen LogP contribution in [-0.2, 0) is 0 Å². The number of hydrogen-bond acceptors (Lipinski definition) is 7. The summed E-state index contributed by atoms with van der Waals surface area (Å²) in [5, 5.41) is 14.1. The summed E-state index contributed by atoms with van der Waals surface area (Å²) in [6, 6.07) is 8.19. The van der Waals surface area contributed by atoms with Crippen LogP contribution in [0.2, 0.25) is 0 Å². The molecule has 2 rings (SSSR count). The number of amides is 1. The maximum atomic E-state index is 12.6. The zero-order valence-electron chi connectivity index (χ0n) is 17.7. The van der Waals surface area contributed by atoms with Gasteiger partial charge >= 0.3 is 0 Å². The third kappa shape index (κ3) is 5.79. The molecule has 2 aromatic rings. The molecule has 162 valence electrons. The zero-order valence-corrected chi connectivity index (χ0v) is 17.7. The van der Waals surface area contributed by atoms with E-state index in [1.807, 2.05) is 27.7 Å². The van der Waals surface area contributed by atoms with E-state index >= 15 is 0 Å². The number of nitrogens with zero attached hydrogens (tertiary/aromatic N) is 1. The largest absolute Gasteiger partial charge is 0.504 e. The Morgan fingerprint density at radius 1 is 0.933 bits per heavy atom. The summed E-state index contributed by atoms with van der Waals surface area (Å²) in [6.07, 6.45) is 1.34. The van der Waals surface area contributed by atoms with Crippen molar-refractivity contribution < 1.29 is 28.8 Å². The number of phenols is 1. The van der Waals surface area contributed by atoms with Crippen molar-refractivity contribution in [1.82, 2.24) is 5.43 Å². The smallest absolute Gasteiger partial charge is 0.271 e. The molecule has 0 aliphatic carbocycles. The summed E-state index contributed by atoms with van der Waals surface area (Å²) in [5.41, 5.74) is 3.16. The van der Waals surface area contributed by atoms with Crippen molar-refractivity contribution in [1.29, 1.82) is 0 Å². The molecule has 0 heterocycles. The molecular formula is C22H28N2O6. The summed E-state index contributed by atoms with van der Waals surface area (Å²) in [7, 11) is 0. The summed E-state index contributed by atoms with van der Waals surface area (Å²) in [6.45, 7) is 9.04. The summed E-state index contributed by atoms with van der Waals surface area (Å²) in [5.74, 6) is 1.14. The first kappa shape index (κ1) is 22.9. The number of hydrazone groups is 1. The van der Waals surface area contributed by atoms with Gasteiger partial charge in [-0.2, -0.15) is 5.10 Å². The van der Waals surface area contributed by atoms with Crippen molar-refractivity contribution in [3.8, 4) is 28.7 Å². The van der Waals surface area contributed by atoms with E-state index in [1.165, 1.54) is 6.21 Å². The monoisotopic (exact) mass is 416 g/mol. The summed E-state index contributed by atoms with van der Waals surface area (Å²) >= 11 is 0. The highest BCUT2D eigenvalue weighted by atomic mass is 16.5. The molecule has 0 spiro atoms. The highest BCUT2D eigenvalue weighted by molar-refractivity contribution is 5.96. The molecule has 2 N–H and O–H groups in total. The molecule has 8 heteroatoms. The zero-order chi connectivity index (χ0) is 21.9. The van der Waals surface area contributed by atoms with Crippen molar-refractivity contribution in [3.63, 3.8) is 0 Å². The van der Waals surface area contributed by atoms with Crippen LogP contribution in [0.15, 0.2) is 35.4 Å². The third-order valence-electron chi connectivity index (χ3n) is 3.87. The molecule has 0 unspecified atom stereocenters. The Morgan fingerprint density at radius 2 is 1.50 bits per heavy atom. The Kier molecular flexibility index (Phi) is 8.80. The first-order valence-corrected chi connectivity index (χ1v) is 9.90. The average molecular weight is 416 g/mol. The Morgan fingerprint density at radius 3 is 2.07 bits per heavy atom. The molecule has 0 bridgehead atoms. The van der Waals surface area contributed by atoms with Crippen LogP contribution in [0.3, 0.4) is 0 Å². The maximum absolute atomic E-state index is 12.6. The van der Waals surface area contributed by atoms with Gasteiger partial charge in [-0.25, -0.2) is 5.43 Å². The Balaban J connectivity index is 2.24. The van der Waals surface area contributed by atoms with Gasteiger partial charge in [-0.05, 0) is 52.0 Å². The Labute approximate surface area is 176 Å². The lowest BCUT2D eigenvalue weighted by Crippen LogP contribution is -2.18. The van der Waals surface area contributed by atoms with Crippen molar-refractivity contribution in [2.75, 3.05) is 26.4 Å². The molecule has 2 aromatic carbocycles. The number of nitrogens with one attached hydrogen (secondary N) is 1. The fraction of sp³-hybridized carbons (Fsp3) is 0.364. The van der Waals surface area contributed by atoms with E-state index in [0.29, 0.717) is 60.6 Å². The minimum absolute atomic E-state index is 0.0457. The fourth-order valence-electron chi connectivity index (χ4n) is 2.66. The predicted octanol–water partition coefficient (Wildman–Crippen LogP) is 3.75. The fourth-order valence-corrected chi connectivity index (χ4v) is 2.66. The molecular weight excluding hydrogens is 388 g/mol. The third-order valence-corrected chi connectivity index (χ3v) is 3.87. The number of carbonyl (C=O) groups is 1. The molecule has 0 fully saturated rings. The lowest BCUT2D eigenvalue weighted by Gasteiger charge is -2.16. The lowest BCUT2D eigenvalue weighted by atomic mass is 10.1. The first-order valence-electron chi connectivity index (χ1n) is 9.90. The van der Waals surface area contributed by atoms with Crippen LogP contribution in [0.1, 0.15) is 43.6 Å². The maximum Gasteiger partial charge on any atom is 0.271 e. The SMILES string of the molecule is CCOc1cccc(C=NNC(=O)c2cc(OCC)c(OCC)c(OCC)c2)c1O. The van der Waals surface area contributed by atoms with Crippen LogP contribution in [0.4, 0.5) is 0 Å². The van der Waals surface area contributed by atoms with Gasteiger partial charge in [0.1, 0.15) is 0 Å². The Hall–Kier alpha value is -3.42. The van der Waals surface area contributed by atoms with Crippen LogP contribution in [0, 0.1) is 0 Å². The number of phenolic OH excluding ortho intramolecular Hbond substituents is 1. The van der Waals surface area contributed by atoms with Crippen LogP contribution >= 0.6 is 0 Å². The van der Waals surface area contributed by atoms with Crippen molar-refractivity contribution in [2.45, 2.75) is 27.7 Å². The molecule has 8 nitrogen and oxygen atoms in total. The highest BCUT2D eigenvalue weighted by Gasteiger charge is 2.18. The quantitative estimate of drug-likeness (QED) is 0.428. The van der Waals surface area contributed by atoms with Crippen molar-refractivity contribution >= 4 is 12.1 Å². The number of ether oxygens (including phenoxy) is 4. The molecule has 30 heavy (non-hydrogen) atoms. The van der Waals surface area contributed by atoms with Crippen LogP contribution < -0.4 is 24.4 Å². The second-order valence-corrected chi connectivity index (χ2v) is 5.93. The number of aromatic hydroxyl groups is 1. The average Bonchev–Trinajstić information content (AvgIpc) is 2.73. The second-order valence-electron chi connectivity index (χ2n) is 5.93. The Bertz CT molecular complexity index is 855. The van der Waals surface area contributed by atoms with E-state index < -0.39 is 5.91 Å². The second kappa shape index (κ2) is 11.5. The van der Waals surface area contributed by atoms with Gasteiger partial charge in [0.25, 0.3) is 5.91 Å². The highest BCUT2D eigenvalue weighted by Crippen LogP contribution is 2.39. The molecule has 0 aromatic heterocycles.